The van der Waals surface area contributed by atoms with Crippen molar-refractivity contribution in [1.82, 2.24) is 9.21 Å². The van der Waals surface area contributed by atoms with Gasteiger partial charge in [0.05, 0.1) is 10.6 Å². The molecule has 1 fully saturated rings. The maximum atomic E-state index is 13.0. The zero-order chi connectivity index (χ0) is 24.0. The van der Waals surface area contributed by atoms with Crippen LogP contribution in [0.4, 0.5) is 0 Å². The average Bonchev–Trinajstić information content (AvgIpc) is 2.82. The van der Waals surface area contributed by atoms with E-state index in [1.807, 2.05) is 44.2 Å². The molecule has 0 saturated carbocycles. The molecule has 0 spiro atoms. The number of amides is 1. The van der Waals surface area contributed by atoms with Crippen molar-refractivity contribution < 1.29 is 22.7 Å². The SMILES string of the molecule is CC(C)N(Cc1ccccc1)C(=O)COC(=O)c1ccc(Cl)c(S(=O)(=O)N2CCCCC2)c1. The molecule has 0 atom stereocenters. The first-order chi connectivity index (χ1) is 15.7. The molecule has 1 aliphatic rings. The molecule has 0 aromatic heterocycles. The Morgan fingerprint density at radius 1 is 1.06 bits per heavy atom. The highest BCUT2D eigenvalue weighted by Gasteiger charge is 2.29. The van der Waals surface area contributed by atoms with Crippen LogP contribution in [0.3, 0.4) is 0 Å². The van der Waals surface area contributed by atoms with Gasteiger partial charge in [0.1, 0.15) is 4.90 Å². The molecule has 0 unspecified atom stereocenters. The minimum Gasteiger partial charge on any atom is -0.452 e. The molecule has 1 heterocycles. The molecule has 2 aromatic rings. The maximum Gasteiger partial charge on any atom is 0.338 e. The van der Waals surface area contributed by atoms with E-state index in [9.17, 15) is 18.0 Å². The maximum absolute atomic E-state index is 13.0. The Balaban J connectivity index is 1.69. The van der Waals surface area contributed by atoms with Crippen LogP contribution in [-0.4, -0.2) is 55.2 Å². The number of sulfonamides is 1. The van der Waals surface area contributed by atoms with Crippen molar-refractivity contribution in [2.75, 3.05) is 19.7 Å². The van der Waals surface area contributed by atoms with Crippen molar-refractivity contribution in [3.63, 3.8) is 0 Å². The van der Waals surface area contributed by atoms with E-state index >= 15 is 0 Å². The van der Waals surface area contributed by atoms with Gasteiger partial charge < -0.3 is 9.64 Å². The van der Waals surface area contributed by atoms with Gasteiger partial charge in [0.25, 0.3) is 5.91 Å². The lowest BCUT2D eigenvalue weighted by Crippen LogP contribution is -2.39. The van der Waals surface area contributed by atoms with Crippen LogP contribution in [0.1, 0.15) is 49.0 Å². The molecular weight excluding hydrogens is 464 g/mol. The summed E-state index contributed by atoms with van der Waals surface area (Å²) in [5.74, 6) is -1.11. The van der Waals surface area contributed by atoms with Gasteiger partial charge in [-0.3, -0.25) is 4.79 Å². The summed E-state index contributed by atoms with van der Waals surface area (Å²) in [6, 6.07) is 13.4. The van der Waals surface area contributed by atoms with Crippen LogP contribution in [0.25, 0.3) is 0 Å². The Kier molecular flexibility index (Phi) is 8.51. The predicted octanol–water partition coefficient (Wildman–Crippen LogP) is 4.11. The number of nitrogens with zero attached hydrogens (tertiary/aromatic N) is 2. The second kappa shape index (κ2) is 11.1. The third-order valence-corrected chi connectivity index (χ3v) is 7.95. The van der Waals surface area contributed by atoms with Gasteiger partial charge in [0.15, 0.2) is 6.61 Å². The van der Waals surface area contributed by atoms with E-state index in [1.165, 1.54) is 22.5 Å². The summed E-state index contributed by atoms with van der Waals surface area (Å²) in [5, 5.41) is 0.0436. The summed E-state index contributed by atoms with van der Waals surface area (Å²) < 4.78 is 32.7. The van der Waals surface area contributed by atoms with Gasteiger partial charge in [0.2, 0.25) is 10.0 Å². The van der Waals surface area contributed by atoms with Crippen molar-refractivity contribution in [1.29, 1.82) is 0 Å². The molecule has 7 nitrogen and oxygen atoms in total. The average molecular weight is 493 g/mol. The van der Waals surface area contributed by atoms with Crippen molar-refractivity contribution >= 4 is 33.5 Å². The summed E-state index contributed by atoms with van der Waals surface area (Å²) >= 11 is 6.17. The molecule has 1 amide bonds. The molecule has 1 saturated heterocycles. The van der Waals surface area contributed by atoms with Crippen LogP contribution in [-0.2, 0) is 26.1 Å². The zero-order valence-electron chi connectivity index (χ0n) is 18.9. The second-order valence-corrected chi connectivity index (χ2v) is 10.6. The first-order valence-electron chi connectivity index (χ1n) is 11.0. The van der Waals surface area contributed by atoms with E-state index in [0.717, 1.165) is 24.8 Å². The van der Waals surface area contributed by atoms with Gasteiger partial charge >= 0.3 is 5.97 Å². The summed E-state index contributed by atoms with van der Waals surface area (Å²) in [7, 11) is -3.82. The monoisotopic (exact) mass is 492 g/mol. The van der Waals surface area contributed by atoms with Crippen LogP contribution < -0.4 is 0 Å². The van der Waals surface area contributed by atoms with Gasteiger partial charge in [-0.05, 0) is 50.5 Å². The number of carbonyl (C=O) groups excluding carboxylic acids is 2. The number of carbonyl (C=O) groups is 2. The number of rotatable bonds is 8. The number of halogens is 1. The van der Waals surface area contributed by atoms with Crippen LogP contribution in [0, 0.1) is 0 Å². The Morgan fingerprint density at radius 2 is 1.73 bits per heavy atom. The minimum atomic E-state index is -3.82. The van der Waals surface area contributed by atoms with Gasteiger partial charge in [0, 0.05) is 25.7 Å². The minimum absolute atomic E-state index is 0.0296. The molecule has 3 rings (SSSR count). The fraction of sp³-hybridized carbons (Fsp3) is 0.417. The largest absolute Gasteiger partial charge is 0.452 e. The zero-order valence-corrected chi connectivity index (χ0v) is 20.4. The van der Waals surface area contributed by atoms with Crippen molar-refractivity contribution in [3.05, 3.63) is 64.7 Å². The molecule has 2 aromatic carbocycles. The topological polar surface area (TPSA) is 84.0 Å². The van der Waals surface area contributed by atoms with E-state index in [4.69, 9.17) is 16.3 Å². The molecular formula is C24H29ClN2O5S. The summed E-state index contributed by atoms with van der Waals surface area (Å²) in [5.41, 5.74) is 0.998. The molecule has 1 aliphatic heterocycles. The first-order valence-corrected chi connectivity index (χ1v) is 12.8. The van der Waals surface area contributed by atoms with Gasteiger partial charge in [-0.25, -0.2) is 13.2 Å². The smallest absolute Gasteiger partial charge is 0.338 e. The molecule has 0 radical (unpaired) electrons. The van der Waals surface area contributed by atoms with E-state index < -0.39 is 22.6 Å². The quantitative estimate of drug-likeness (QED) is 0.518. The number of benzene rings is 2. The van der Waals surface area contributed by atoms with E-state index in [1.54, 1.807) is 4.90 Å². The van der Waals surface area contributed by atoms with Crippen LogP contribution in [0.2, 0.25) is 5.02 Å². The summed E-state index contributed by atoms with van der Waals surface area (Å²) in [4.78, 5) is 26.9. The molecule has 33 heavy (non-hydrogen) atoms. The van der Waals surface area contributed by atoms with Crippen LogP contribution in [0.15, 0.2) is 53.4 Å². The molecule has 0 N–H and O–H groups in total. The number of piperidine rings is 1. The standard InChI is InChI=1S/C24H29ClN2O5S/c1-18(2)27(16-19-9-5-3-6-10-19)23(28)17-32-24(29)20-11-12-21(25)22(15-20)33(30,31)26-13-7-4-8-14-26/h3,5-6,9-12,15,18H,4,7-8,13-14,16-17H2,1-2H3. The number of hydrogen-bond donors (Lipinski definition) is 0. The third-order valence-electron chi connectivity index (χ3n) is 5.57. The van der Waals surface area contributed by atoms with Crippen molar-refractivity contribution in [2.45, 2.75) is 50.6 Å². The van der Waals surface area contributed by atoms with E-state index in [2.05, 4.69) is 0 Å². The lowest BCUT2D eigenvalue weighted by Gasteiger charge is -2.27. The predicted molar refractivity (Wildman–Crippen MR) is 126 cm³/mol. The number of ether oxygens (including phenoxy) is 1. The Bertz CT molecular complexity index is 1080. The lowest BCUT2D eigenvalue weighted by molar-refractivity contribution is -0.136. The fourth-order valence-corrected chi connectivity index (χ4v) is 5.72. The van der Waals surface area contributed by atoms with Gasteiger partial charge in [-0.1, -0.05) is 48.4 Å². The highest BCUT2D eigenvalue weighted by Crippen LogP contribution is 2.28. The Labute approximate surface area is 200 Å². The third kappa shape index (κ3) is 6.34. The second-order valence-electron chi connectivity index (χ2n) is 8.29. The normalized spacial score (nSPS) is 14.8. The van der Waals surface area contributed by atoms with E-state index in [0.29, 0.717) is 19.6 Å². The van der Waals surface area contributed by atoms with Crippen LogP contribution >= 0.6 is 11.6 Å². The van der Waals surface area contributed by atoms with E-state index in [-0.39, 0.29) is 27.4 Å². The molecule has 178 valence electrons. The first kappa shape index (κ1) is 25.2. The lowest BCUT2D eigenvalue weighted by atomic mass is 10.2. The molecule has 0 bridgehead atoms. The molecule has 0 aliphatic carbocycles. The number of hydrogen-bond acceptors (Lipinski definition) is 5. The van der Waals surface area contributed by atoms with Crippen molar-refractivity contribution in [2.24, 2.45) is 0 Å². The summed E-state index contributed by atoms with van der Waals surface area (Å²) in [6.45, 7) is 4.58. The summed E-state index contributed by atoms with van der Waals surface area (Å²) in [6.07, 6.45) is 2.56. The van der Waals surface area contributed by atoms with Gasteiger partial charge in [-0.2, -0.15) is 4.31 Å². The fourth-order valence-electron chi connectivity index (χ4n) is 3.70. The number of esters is 1. The van der Waals surface area contributed by atoms with Gasteiger partial charge in [-0.15, -0.1) is 0 Å². The van der Waals surface area contributed by atoms with Crippen LogP contribution in [0.5, 0.6) is 0 Å². The molecule has 9 heteroatoms. The van der Waals surface area contributed by atoms with Crippen molar-refractivity contribution in [3.8, 4) is 0 Å². The Morgan fingerprint density at radius 3 is 2.36 bits per heavy atom. The highest BCUT2D eigenvalue weighted by molar-refractivity contribution is 7.89. The highest BCUT2D eigenvalue weighted by atomic mass is 35.5. The Hall–Kier alpha value is -2.42.